The largest absolute Gasteiger partial charge is 0.309 e. The molecule has 0 spiro atoms. The fraction of sp³-hybridized carbons (Fsp3) is 0. The first kappa shape index (κ1) is 28.4. The van der Waals surface area contributed by atoms with Gasteiger partial charge in [-0.05, 0) is 82.9 Å². The van der Waals surface area contributed by atoms with Gasteiger partial charge in [-0.2, -0.15) is 0 Å². The number of nitrogens with zero attached hydrogens (tertiary/aromatic N) is 2. The Kier molecular flexibility index (Phi) is 6.16. The molecule has 3 heteroatoms. The minimum Gasteiger partial charge on any atom is -0.309 e. The van der Waals surface area contributed by atoms with E-state index in [1.54, 1.807) is 0 Å². The van der Waals surface area contributed by atoms with Crippen molar-refractivity contribution < 1.29 is 0 Å². The highest BCUT2D eigenvalue weighted by atomic mass is 32.1. The fourth-order valence-corrected chi connectivity index (χ4v) is 9.48. The van der Waals surface area contributed by atoms with Crippen LogP contribution in [-0.4, -0.2) is 9.13 Å². The summed E-state index contributed by atoms with van der Waals surface area (Å²) in [6.07, 6.45) is 0. The summed E-state index contributed by atoms with van der Waals surface area (Å²) in [6.45, 7) is 0. The smallest absolute Gasteiger partial charge is 0.0555 e. The van der Waals surface area contributed by atoms with E-state index in [-0.39, 0.29) is 0 Å². The monoisotopic (exact) mass is 666 g/mol. The SMILES string of the molecule is c1ccc(-c2cccc(-c3cccc(-n4c5ccc(-n6c7ccccc7c7ccccc76)cc5c5c6sc7ccccc7c6ccc54)c3)c2)cc1. The van der Waals surface area contributed by atoms with Crippen LogP contribution in [0, 0.1) is 0 Å². The topological polar surface area (TPSA) is 9.86 Å². The van der Waals surface area contributed by atoms with Crippen LogP contribution < -0.4 is 0 Å². The van der Waals surface area contributed by atoms with Crippen LogP contribution in [0.2, 0.25) is 0 Å². The number of rotatable bonds is 4. The zero-order valence-corrected chi connectivity index (χ0v) is 28.4. The molecule has 0 amide bonds. The zero-order valence-electron chi connectivity index (χ0n) is 27.6. The minimum absolute atomic E-state index is 1.16. The summed E-state index contributed by atoms with van der Waals surface area (Å²) in [7, 11) is 0. The van der Waals surface area contributed by atoms with E-state index < -0.39 is 0 Å². The van der Waals surface area contributed by atoms with E-state index in [0.29, 0.717) is 0 Å². The van der Waals surface area contributed by atoms with Crippen molar-refractivity contribution in [1.82, 2.24) is 9.13 Å². The maximum absolute atomic E-state index is 2.47. The average molecular weight is 667 g/mol. The van der Waals surface area contributed by atoms with Gasteiger partial charge in [0.05, 0.1) is 22.1 Å². The van der Waals surface area contributed by atoms with Crippen molar-refractivity contribution in [3.8, 4) is 33.6 Å². The molecule has 0 fully saturated rings. The molecule has 0 saturated carbocycles. The molecule has 0 bridgehead atoms. The number of hydrogen-bond acceptors (Lipinski definition) is 1. The quantitative estimate of drug-likeness (QED) is 0.177. The third-order valence-electron chi connectivity index (χ3n) is 10.5. The molecule has 0 radical (unpaired) electrons. The fourth-order valence-electron chi connectivity index (χ4n) is 8.23. The van der Waals surface area contributed by atoms with Gasteiger partial charge in [-0.25, -0.2) is 0 Å². The Hall–Kier alpha value is -6.42. The summed E-state index contributed by atoms with van der Waals surface area (Å²) < 4.78 is 7.55. The van der Waals surface area contributed by atoms with Gasteiger partial charge in [-0.1, -0.05) is 121 Å². The van der Waals surface area contributed by atoms with Crippen molar-refractivity contribution in [2.75, 3.05) is 0 Å². The molecule has 11 aromatic rings. The predicted molar refractivity (Wildman–Crippen MR) is 219 cm³/mol. The highest BCUT2D eigenvalue weighted by Gasteiger charge is 2.20. The van der Waals surface area contributed by atoms with Gasteiger partial charge in [0.1, 0.15) is 0 Å². The first-order valence-electron chi connectivity index (χ1n) is 17.4. The average Bonchev–Trinajstić information content (AvgIpc) is 3.86. The lowest BCUT2D eigenvalue weighted by atomic mass is 9.99. The van der Waals surface area contributed by atoms with Crippen molar-refractivity contribution >= 4 is 75.1 Å². The van der Waals surface area contributed by atoms with E-state index in [4.69, 9.17) is 0 Å². The number of benzene rings is 8. The molecule has 0 atom stereocenters. The number of para-hydroxylation sites is 2. The molecule has 0 aliphatic rings. The summed E-state index contributed by atoms with van der Waals surface area (Å²) in [5, 5.41) is 7.75. The third-order valence-corrected chi connectivity index (χ3v) is 11.7. The number of fused-ring (bicyclic) bond motifs is 10. The second kappa shape index (κ2) is 11.0. The first-order chi connectivity index (χ1) is 25.3. The number of thiophene rings is 1. The second-order valence-electron chi connectivity index (χ2n) is 13.3. The molecule has 3 heterocycles. The van der Waals surface area contributed by atoms with Crippen LogP contribution in [0.25, 0.3) is 97.4 Å². The van der Waals surface area contributed by atoms with E-state index >= 15 is 0 Å². The maximum atomic E-state index is 2.47. The highest BCUT2D eigenvalue weighted by Crippen LogP contribution is 2.44. The molecular formula is C48H30N2S. The van der Waals surface area contributed by atoms with Crippen LogP contribution in [0.15, 0.2) is 182 Å². The highest BCUT2D eigenvalue weighted by molar-refractivity contribution is 7.26. The van der Waals surface area contributed by atoms with Crippen LogP contribution in [0.3, 0.4) is 0 Å². The Morgan fingerprint density at radius 1 is 0.314 bits per heavy atom. The van der Waals surface area contributed by atoms with Crippen molar-refractivity contribution in [2.45, 2.75) is 0 Å². The number of hydrogen-bond donors (Lipinski definition) is 0. The van der Waals surface area contributed by atoms with Crippen molar-refractivity contribution in [3.05, 3.63) is 182 Å². The molecule has 11 rings (SSSR count). The predicted octanol–water partition coefficient (Wildman–Crippen LogP) is 13.6. The minimum atomic E-state index is 1.16. The Balaban J connectivity index is 1.18. The van der Waals surface area contributed by atoms with Gasteiger partial charge in [0.2, 0.25) is 0 Å². The Morgan fingerprint density at radius 3 is 1.65 bits per heavy atom. The lowest BCUT2D eigenvalue weighted by Gasteiger charge is -2.12. The summed E-state index contributed by atoms with van der Waals surface area (Å²) in [6, 6.07) is 66.6. The van der Waals surface area contributed by atoms with Gasteiger partial charge >= 0.3 is 0 Å². The lowest BCUT2D eigenvalue weighted by Crippen LogP contribution is -1.96. The molecule has 0 aliphatic carbocycles. The van der Waals surface area contributed by atoms with Crippen LogP contribution in [0.4, 0.5) is 0 Å². The van der Waals surface area contributed by atoms with Crippen LogP contribution >= 0.6 is 11.3 Å². The third kappa shape index (κ3) is 4.29. The van der Waals surface area contributed by atoms with Gasteiger partial charge in [0, 0.05) is 53.1 Å². The molecular weight excluding hydrogens is 637 g/mol. The van der Waals surface area contributed by atoms with E-state index in [0.717, 1.165) is 5.69 Å². The van der Waals surface area contributed by atoms with Crippen molar-refractivity contribution in [3.63, 3.8) is 0 Å². The standard InChI is InChI=1S/C48H30N2S/c1-2-12-31(13-3-1)32-14-10-15-33(28-32)34-16-11-17-35(29-34)50-44-26-24-36(49-42-21-7-4-18-37(42)38-19-5-8-22-43(38)49)30-41(44)47-45(50)27-25-40-39-20-6-9-23-46(39)51-48(40)47/h1-30H. The van der Waals surface area contributed by atoms with E-state index in [1.165, 1.54) is 91.7 Å². The van der Waals surface area contributed by atoms with Crippen molar-refractivity contribution in [1.29, 1.82) is 0 Å². The lowest BCUT2D eigenvalue weighted by molar-refractivity contribution is 1.17. The first-order valence-corrected chi connectivity index (χ1v) is 18.3. The van der Waals surface area contributed by atoms with E-state index in [1.807, 2.05) is 11.3 Å². The van der Waals surface area contributed by atoms with Crippen molar-refractivity contribution in [2.24, 2.45) is 0 Å². The number of aromatic nitrogens is 2. The molecule has 0 N–H and O–H groups in total. The van der Waals surface area contributed by atoms with Crippen LogP contribution in [0.1, 0.15) is 0 Å². The molecule has 0 aliphatic heterocycles. The van der Waals surface area contributed by atoms with Gasteiger partial charge in [0.15, 0.2) is 0 Å². The zero-order chi connectivity index (χ0) is 33.5. The van der Waals surface area contributed by atoms with E-state index in [9.17, 15) is 0 Å². The Morgan fingerprint density at radius 2 is 0.863 bits per heavy atom. The molecule has 238 valence electrons. The summed E-state index contributed by atoms with van der Waals surface area (Å²) in [5.41, 5.74) is 12.0. The van der Waals surface area contributed by atoms with Crippen LogP contribution in [0.5, 0.6) is 0 Å². The molecule has 0 unspecified atom stereocenters. The van der Waals surface area contributed by atoms with Gasteiger partial charge in [-0.3, -0.25) is 0 Å². The summed E-state index contributed by atoms with van der Waals surface area (Å²) in [5.74, 6) is 0. The normalized spacial score (nSPS) is 11.9. The van der Waals surface area contributed by atoms with E-state index in [2.05, 4.69) is 191 Å². The van der Waals surface area contributed by atoms with Gasteiger partial charge < -0.3 is 9.13 Å². The second-order valence-corrected chi connectivity index (χ2v) is 14.4. The molecule has 3 aromatic heterocycles. The maximum Gasteiger partial charge on any atom is 0.0555 e. The molecule has 8 aromatic carbocycles. The molecule has 51 heavy (non-hydrogen) atoms. The molecule has 0 saturated heterocycles. The van der Waals surface area contributed by atoms with Gasteiger partial charge in [-0.15, -0.1) is 11.3 Å². The molecule has 2 nitrogen and oxygen atoms in total. The van der Waals surface area contributed by atoms with Crippen LogP contribution in [-0.2, 0) is 0 Å². The summed E-state index contributed by atoms with van der Waals surface area (Å²) >= 11 is 1.90. The Bertz CT molecular complexity index is 3090. The van der Waals surface area contributed by atoms with Gasteiger partial charge in [0.25, 0.3) is 0 Å². The Labute approximate surface area is 298 Å². The summed E-state index contributed by atoms with van der Waals surface area (Å²) in [4.78, 5) is 0.